The molecule has 0 aromatic heterocycles. The van der Waals surface area contributed by atoms with Crippen LogP contribution in [-0.2, 0) is 34.6 Å². The predicted molar refractivity (Wildman–Crippen MR) is 132 cm³/mol. The first-order chi connectivity index (χ1) is 17.9. The molecule has 2 heterocycles. The Morgan fingerprint density at radius 2 is 2.06 bits per heavy atom. The number of nitrogens with zero attached hydrogens (tertiary/aromatic N) is 2. The Labute approximate surface area is 214 Å². The molecule has 3 aliphatic rings. The van der Waals surface area contributed by atoms with Crippen LogP contribution in [-0.4, -0.2) is 79.7 Å². The van der Waals surface area contributed by atoms with Gasteiger partial charge in [-0.3, -0.25) is 23.9 Å². The summed E-state index contributed by atoms with van der Waals surface area (Å²) in [5, 5.41) is 2.71. The van der Waals surface area contributed by atoms with Gasteiger partial charge in [-0.15, -0.1) is 0 Å². The predicted octanol–water partition coefficient (Wildman–Crippen LogP) is -0.691. The van der Waals surface area contributed by atoms with E-state index in [1.165, 1.54) is 25.1 Å². The largest absolute Gasteiger partial charge is 0.368 e. The van der Waals surface area contributed by atoms with E-state index in [4.69, 9.17) is 15.6 Å². The number of hydrogen-bond donors (Lipinski definition) is 4. The van der Waals surface area contributed by atoms with Gasteiger partial charge in [0, 0.05) is 29.0 Å². The number of fused-ring (bicyclic) bond motifs is 2. The number of carbonyl (C=O) groups excluding carboxylic acids is 4. The van der Waals surface area contributed by atoms with Crippen LogP contribution in [0.15, 0.2) is 18.2 Å². The first-order valence-corrected chi connectivity index (χ1v) is 13.5. The average molecular weight is 524 g/mol. The third-order valence-corrected chi connectivity index (χ3v) is 7.57. The van der Waals surface area contributed by atoms with Crippen LogP contribution >= 0.6 is 0 Å². The second-order valence-electron chi connectivity index (χ2n) is 9.95. The molecule has 196 valence electrons. The molecule has 1 aliphatic carbocycles. The maximum atomic E-state index is 14.1. The van der Waals surface area contributed by atoms with Crippen LogP contribution < -0.4 is 21.5 Å². The van der Waals surface area contributed by atoms with Gasteiger partial charge in [-0.2, -0.15) is 0 Å². The lowest BCUT2D eigenvalue weighted by atomic mass is 9.79. The molecule has 2 aliphatic heterocycles. The van der Waals surface area contributed by atoms with Crippen LogP contribution in [0, 0.1) is 5.92 Å². The van der Waals surface area contributed by atoms with Gasteiger partial charge in [0.2, 0.25) is 33.7 Å². The van der Waals surface area contributed by atoms with E-state index in [9.17, 15) is 27.6 Å². The molecule has 1 saturated carbocycles. The highest BCUT2D eigenvalue weighted by atomic mass is 32.2. The van der Waals surface area contributed by atoms with Gasteiger partial charge in [0.25, 0.3) is 0 Å². The molecule has 1 spiro atoms. The van der Waals surface area contributed by atoms with Crippen LogP contribution in [0.25, 0.3) is 0 Å². The van der Waals surface area contributed by atoms with Crippen molar-refractivity contribution in [3.63, 3.8) is 0 Å². The van der Waals surface area contributed by atoms with Crippen LogP contribution in [0.5, 0.6) is 0 Å². The standard InChI is InChI=1S/C23H32N6O6S/c1-12(24)20(31)28(2)17(8-13-4-5-13)21(32)29-11-23(10-18(29)19(25)30)15-9-14(27-36(3,34)35)6-7-16(15)26-22(23)33/h6-7,9,12-13,17-18,27H,4-5,8,10-11,24H2,1-3H3,(H2,25,30)(H,26,33)/t12-,17-,18-,23-/m0/s1/i2D3. The number of likely N-dealkylation sites (tertiary alicyclic amines) is 1. The minimum atomic E-state index is -3.64. The summed E-state index contributed by atoms with van der Waals surface area (Å²) >= 11 is 0. The van der Waals surface area contributed by atoms with E-state index in [-0.39, 0.29) is 31.0 Å². The number of benzene rings is 1. The molecule has 36 heavy (non-hydrogen) atoms. The van der Waals surface area contributed by atoms with Gasteiger partial charge in [-0.25, -0.2) is 8.42 Å². The molecule has 13 heteroatoms. The third-order valence-electron chi connectivity index (χ3n) is 6.97. The summed E-state index contributed by atoms with van der Waals surface area (Å²) in [4.78, 5) is 54.5. The fraction of sp³-hybridized carbons (Fsp3) is 0.565. The van der Waals surface area contributed by atoms with Crippen molar-refractivity contribution >= 4 is 45.0 Å². The zero-order valence-electron chi connectivity index (χ0n) is 23.0. The molecule has 1 aromatic carbocycles. The van der Waals surface area contributed by atoms with Crippen molar-refractivity contribution in [3.8, 4) is 0 Å². The zero-order chi connectivity index (χ0) is 29.1. The van der Waals surface area contributed by atoms with Crippen LogP contribution in [0.2, 0.25) is 0 Å². The van der Waals surface area contributed by atoms with E-state index in [0.717, 1.165) is 24.0 Å². The normalized spacial score (nSPS) is 26.3. The van der Waals surface area contributed by atoms with Crippen molar-refractivity contribution in [1.82, 2.24) is 9.80 Å². The number of nitrogens with one attached hydrogen (secondary N) is 2. The van der Waals surface area contributed by atoms with Crippen molar-refractivity contribution in [3.05, 3.63) is 23.8 Å². The van der Waals surface area contributed by atoms with Gasteiger partial charge in [-0.05, 0) is 49.4 Å². The Bertz CT molecular complexity index is 1330. The molecule has 0 bridgehead atoms. The lowest BCUT2D eigenvalue weighted by molar-refractivity contribution is -0.147. The summed E-state index contributed by atoms with van der Waals surface area (Å²) in [5.74, 6) is -3.18. The molecule has 12 nitrogen and oxygen atoms in total. The average Bonchev–Trinajstić information content (AvgIpc) is 3.46. The number of nitrogens with two attached hydrogens (primary N) is 2. The summed E-state index contributed by atoms with van der Waals surface area (Å²) in [7, 11) is -3.64. The smallest absolute Gasteiger partial charge is 0.246 e. The molecule has 1 aromatic rings. The van der Waals surface area contributed by atoms with E-state index in [1.54, 1.807) is 0 Å². The SMILES string of the molecule is [2H]C([2H])([2H])N(C(=O)[C@H](C)N)[C@@H](CC1CC1)C(=O)N1C[C@]2(C[C@H]1C(N)=O)C(=O)Nc1ccc(NS(C)(=O)=O)cc12. The van der Waals surface area contributed by atoms with Gasteiger partial charge in [0.1, 0.15) is 12.1 Å². The van der Waals surface area contributed by atoms with Crippen molar-refractivity contribution in [2.75, 3.05) is 29.8 Å². The quantitative estimate of drug-likeness (QED) is 0.347. The number of rotatable bonds is 8. The molecule has 0 unspecified atom stereocenters. The Kier molecular flexibility index (Phi) is 5.53. The van der Waals surface area contributed by atoms with E-state index in [1.807, 2.05) is 0 Å². The summed E-state index contributed by atoms with van der Waals surface area (Å²) in [6, 6.07) is 0.477. The number of likely N-dealkylation sites (N-methyl/N-ethyl adjacent to an activating group) is 1. The van der Waals surface area contributed by atoms with Crippen molar-refractivity contribution in [1.29, 1.82) is 0 Å². The monoisotopic (exact) mass is 523 g/mol. The van der Waals surface area contributed by atoms with Crippen molar-refractivity contribution in [2.24, 2.45) is 17.4 Å². The van der Waals surface area contributed by atoms with Crippen LogP contribution in [0.4, 0.5) is 11.4 Å². The number of anilines is 2. The van der Waals surface area contributed by atoms with Gasteiger partial charge < -0.3 is 26.6 Å². The molecular weight excluding hydrogens is 488 g/mol. The molecule has 0 radical (unpaired) electrons. The highest BCUT2D eigenvalue weighted by Gasteiger charge is 2.58. The summed E-state index contributed by atoms with van der Waals surface area (Å²) in [6.07, 6.45) is 2.31. The maximum Gasteiger partial charge on any atom is 0.246 e. The number of hydrogen-bond acceptors (Lipinski definition) is 7. The first kappa shape index (κ1) is 22.0. The molecule has 2 fully saturated rings. The summed E-state index contributed by atoms with van der Waals surface area (Å²) in [5.41, 5.74) is 10.9. The minimum absolute atomic E-state index is 0.00778. The first-order valence-electron chi connectivity index (χ1n) is 13.1. The van der Waals surface area contributed by atoms with E-state index in [0.29, 0.717) is 16.2 Å². The number of sulfonamides is 1. The topological polar surface area (TPSA) is 185 Å². The van der Waals surface area contributed by atoms with E-state index in [2.05, 4.69) is 10.0 Å². The lowest BCUT2D eigenvalue weighted by Gasteiger charge is -2.34. The fourth-order valence-corrected chi connectivity index (χ4v) is 5.55. The summed E-state index contributed by atoms with van der Waals surface area (Å²) in [6.45, 7) is -2.01. The Hall–Kier alpha value is -3.19. The third kappa shape index (κ3) is 4.76. The van der Waals surface area contributed by atoms with Gasteiger partial charge in [0.15, 0.2) is 0 Å². The second kappa shape index (κ2) is 9.04. The van der Waals surface area contributed by atoms with Gasteiger partial charge in [-0.1, -0.05) is 12.8 Å². The second-order valence-corrected chi connectivity index (χ2v) is 11.7. The molecule has 4 rings (SSSR count). The highest BCUT2D eigenvalue weighted by Crippen LogP contribution is 2.48. The maximum absolute atomic E-state index is 14.1. The Morgan fingerprint density at radius 1 is 1.36 bits per heavy atom. The van der Waals surface area contributed by atoms with Crippen LogP contribution in [0.3, 0.4) is 0 Å². The van der Waals surface area contributed by atoms with E-state index < -0.39 is 64.2 Å². The molecule has 6 N–H and O–H groups in total. The minimum Gasteiger partial charge on any atom is -0.368 e. The van der Waals surface area contributed by atoms with Gasteiger partial charge in [0.05, 0.1) is 17.7 Å². The molecule has 4 amide bonds. The number of carbonyl (C=O) groups is 4. The fourth-order valence-electron chi connectivity index (χ4n) is 4.99. The number of amides is 4. The Morgan fingerprint density at radius 3 is 2.61 bits per heavy atom. The summed E-state index contributed by atoms with van der Waals surface area (Å²) < 4.78 is 49.9. The zero-order valence-corrected chi connectivity index (χ0v) is 20.8. The highest BCUT2D eigenvalue weighted by molar-refractivity contribution is 7.92. The lowest BCUT2D eigenvalue weighted by Crippen LogP contribution is -2.55. The van der Waals surface area contributed by atoms with E-state index >= 15 is 0 Å². The molecular formula is C23H32N6O6S. The van der Waals surface area contributed by atoms with Crippen molar-refractivity contribution in [2.45, 2.75) is 56.1 Å². The molecule has 4 atom stereocenters. The molecule has 1 saturated heterocycles. The van der Waals surface area contributed by atoms with Crippen molar-refractivity contribution < 1.29 is 31.7 Å². The van der Waals surface area contributed by atoms with Gasteiger partial charge >= 0.3 is 0 Å². The Balaban J connectivity index is 1.76. The number of primary amides is 1. The van der Waals surface area contributed by atoms with Crippen LogP contribution in [0.1, 0.15) is 42.3 Å².